The van der Waals surface area contributed by atoms with E-state index in [-0.39, 0.29) is 29.3 Å². The zero-order valence-electron chi connectivity index (χ0n) is 17.6. The maximum Gasteiger partial charge on any atom is 0.333 e. The third kappa shape index (κ3) is 5.84. The largest absolute Gasteiger partial charge is 0.463 e. The molecule has 0 unspecified atom stereocenters. The van der Waals surface area contributed by atoms with E-state index >= 15 is 0 Å². The maximum absolute atomic E-state index is 13.0. The summed E-state index contributed by atoms with van der Waals surface area (Å²) in [5, 5.41) is 0. The summed E-state index contributed by atoms with van der Waals surface area (Å²) >= 11 is 0. The topological polar surface area (TPSA) is 72.6 Å². The van der Waals surface area contributed by atoms with E-state index in [9.17, 15) is 9.59 Å². The van der Waals surface area contributed by atoms with Gasteiger partial charge in [-0.3, -0.25) is 4.79 Å². The third-order valence-corrected chi connectivity index (χ3v) is 5.22. The van der Waals surface area contributed by atoms with Crippen molar-refractivity contribution in [2.24, 2.45) is 17.1 Å². The number of carbonyl (C=O) groups is 2. The van der Waals surface area contributed by atoms with E-state index < -0.39 is 6.04 Å². The number of nitrogens with two attached hydrogens (primary N) is 1. The lowest BCUT2D eigenvalue weighted by Crippen LogP contribution is -2.54. The smallest absolute Gasteiger partial charge is 0.333 e. The van der Waals surface area contributed by atoms with Gasteiger partial charge in [0.05, 0.1) is 18.7 Å². The fourth-order valence-electron chi connectivity index (χ4n) is 3.06. The molecule has 0 fully saturated rings. The van der Waals surface area contributed by atoms with Gasteiger partial charge in [0.2, 0.25) is 5.91 Å². The molecule has 25 heavy (non-hydrogen) atoms. The van der Waals surface area contributed by atoms with E-state index in [2.05, 4.69) is 13.8 Å². The predicted molar refractivity (Wildman–Crippen MR) is 103 cm³/mol. The van der Waals surface area contributed by atoms with Crippen molar-refractivity contribution in [3.8, 4) is 0 Å². The molecule has 0 bridgehead atoms. The fourth-order valence-corrected chi connectivity index (χ4v) is 3.06. The third-order valence-electron chi connectivity index (χ3n) is 5.22. The van der Waals surface area contributed by atoms with Gasteiger partial charge in [0.1, 0.15) is 0 Å². The van der Waals surface area contributed by atoms with Crippen LogP contribution in [0.4, 0.5) is 0 Å². The van der Waals surface area contributed by atoms with Crippen molar-refractivity contribution in [1.29, 1.82) is 0 Å². The minimum absolute atomic E-state index is 0.0897. The van der Waals surface area contributed by atoms with Gasteiger partial charge >= 0.3 is 5.97 Å². The molecule has 0 saturated heterocycles. The van der Waals surface area contributed by atoms with E-state index in [0.29, 0.717) is 18.6 Å². The van der Waals surface area contributed by atoms with Crippen molar-refractivity contribution in [3.63, 3.8) is 0 Å². The first-order valence-corrected chi connectivity index (χ1v) is 9.35. The minimum atomic E-state index is -0.579. The van der Waals surface area contributed by atoms with Gasteiger partial charge in [-0.05, 0) is 43.6 Å². The molecule has 0 aromatic rings. The molecular weight excluding hydrogens is 316 g/mol. The van der Waals surface area contributed by atoms with Gasteiger partial charge in [-0.1, -0.05) is 41.5 Å². The number of amides is 1. The zero-order chi connectivity index (χ0) is 19.9. The lowest BCUT2D eigenvalue weighted by Gasteiger charge is -2.39. The summed E-state index contributed by atoms with van der Waals surface area (Å²) in [6.07, 6.45) is 1.50. The fraction of sp³-hybridized carbons (Fsp3) is 0.800. The summed E-state index contributed by atoms with van der Waals surface area (Å²) in [4.78, 5) is 26.9. The quantitative estimate of drug-likeness (QED) is 0.508. The molecule has 2 N–H and O–H groups in total. The van der Waals surface area contributed by atoms with Gasteiger partial charge in [-0.25, -0.2) is 4.79 Å². The van der Waals surface area contributed by atoms with E-state index in [4.69, 9.17) is 10.5 Å². The van der Waals surface area contributed by atoms with Crippen LogP contribution in [0.3, 0.4) is 0 Å². The van der Waals surface area contributed by atoms with Gasteiger partial charge in [0.25, 0.3) is 0 Å². The SMILES string of the molecule is CCOC(=O)C(C)=C(CC)[C@H](C(C)C)N(C)C(=O)[C@@H](N)C(C)(C)CC. The Hall–Kier alpha value is -1.36. The Balaban J connectivity index is 5.84. The van der Waals surface area contributed by atoms with Crippen molar-refractivity contribution >= 4 is 11.9 Å². The van der Waals surface area contributed by atoms with Crippen molar-refractivity contribution in [1.82, 2.24) is 4.90 Å². The summed E-state index contributed by atoms with van der Waals surface area (Å²) in [6.45, 7) is 16.1. The molecule has 5 heteroatoms. The van der Waals surface area contributed by atoms with Crippen LogP contribution in [0, 0.1) is 11.3 Å². The average molecular weight is 355 g/mol. The van der Waals surface area contributed by atoms with Crippen LogP contribution in [0.2, 0.25) is 0 Å². The van der Waals surface area contributed by atoms with Crippen LogP contribution in [-0.4, -0.2) is 42.5 Å². The number of hydrogen-bond acceptors (Lipinski definition) is 4. The highest BCUT2D eigenvalue weighted by Crippen LogP contribution is 2.29. The molecule has 0 spiro atoms. The van der Waals surface area contributed by atoms with Crippen LogP contribution in [0.25, 0.3) is 0 Å². The average Bonchev–Trinajstić information content (AvgIpc) is 2.56. The lowest BCUT2D eigenvalue weighted by atomic mass is 9.81. The molecule has 0 aliphatic carbocycles. The van der Waals surface area contributed by atoms with Crippen molar-refractivity contribution < 1.29 is 14.3 Å². The first-order chi connectivity index (χ1) is 11.5. The van der Waals surface area contributed by atoms with E-state index in [0.717, 1.165) is 12.0 Å². The summed E-state index contributed by atoms with van der Waals surface area (Å²) in [6, 6.07) is -0.759. The highest BCUT2D eigenvalue weighted by atomic mass is 16.5. The van der Waals surface area contributed by atoms with Gasteiger partial charge < -0.3 is 15.4 Å². The molecule has 0 aromatic carbocycles. The second kappa shape index (κ2) is 9.95. The van der Waals surface area contributed by atoms with Crippen LogP contribution in [0.5, 0.6) is 0 Å². The number of esters is 1. The predicted octanol–water partition coefficient (Wildman–Crippen LogP) is 3.52. The van der Waals surface area contributed by atoms with E-state index in [1.165, 1.54) is 0 Å². The molecule has 0 radical (unpaired) electrons. The maximum atomic E-state index is 13.0. The molecule has 0 aliphatic heterocycles. The van der Waals surface area contributed by atoms with Gasteiger partial charge in [-0.2, -0.15) is 0 Å². The monoisotopic (exact) mass is 354 g/mol. The Morgan fingerprint density at radius 2 is 1.68 bits per heavy atom. The highest BCUT2D eigenvalue weighted by Gasteiger charge is 2.36. The number of ether oxygens (including phenoxy) is 1. The molecule has 0 heterocycles. The molecule has 0 saturated carbocycles. The standard InChI is InChI=1S/C20H38N2O3/c1-10-15(14(6)19(24)25-12-3)16(13(4)5)22(9)18(23)17(21)20(7,8)11-2/h13,16-17H,10-12,21H2,1-9H3/t16-,17+/m0/s1. The molecule has 0 aliphatic rings. The molecular formula is C20H38N2O3. The summed E-state index contributed by atoms with van der Waals surface area (Å²) in [5.41, 5.74) is 7.52. The Morgan fingerprint density at radius 3 is 2.04 bits per heavy atom. The van der Waals surface area contributed by atoms with Crippen LogP contribution >= 0.6 is 0 Å². The van der Waals surface area contributed by atoms with Crippen LogP contribution in [0.1, 0.15) is 68.2 Å². The number of hydrogen-bond donors (Lipinski definition) is 1. The number of rotatable bonds is 9. The van der Waals surface area contributed by atoms with Crippen molar-refractivity contribution in [2.75, 3.05) is 13.7 Å². The Kier molecular flexibility index (Phi) is 9.41. The normalized spacial score (nSPS) is 15.5. The van der Waals surface area contributed by atoms with E-state index in [1.807, 2.05) is 27.7 Å². The van der Waals surface area contributed by atoms with Crippen LogP contribution in [-0.2, 0) is 14.3 Å². The Bertz CT molecular complexity index is 495. The second-order valence-corrected chi connectivity index (χ2v) is 7.68. The van der Waals surface area contributed by atoms with Crippen molar-refractivity contribution in [2.45, 2.75) is 80.3 Å². The summed E-state index contributed by atoms with van der Waals surface area (Å²) < 4.78 is 5.15. The van der Waals surface area contributed by atoms with Gasteiger partial charge in [0, 0.05) is 12.6 Å². The molecule has 0 rings (SSSR count). The lowest BCUT2D eigenvalue weighted by molar-refractivity contribution is -0.139. The first kappa shape index (κ1) is 23.6. The molecule has 5 nitrogen and oxygen atoms in total. The van der Waals surface area contributed by atoms with Crippen molar-refractivity contribution in [3.05, 3.63) is 11.1 Å². The van der Waals surface area contributed by atoms with Crippen LogP contribution in [0.15, 0.2) is 11.1 Å². The highest BCUT2D eigenvalue weighted by molar-refractivity contribution is 5.89. The molecule has 146 valence electrons. The van der Waals surface area contributed by atoms with E-state index in [1.54, 1.807) is 25.8 Å². The number of likely N-dealkylation sites (N-methyl/N-ethyl adjacent to an activating group) is 1. The number of carbonyl (C=O) groups excluding carboxylic acids is 2. The summed E-state index contributed by atoms with van der Waals surface area (Å²) in [5.74, 6) is -0.248. The molecule has 1 amide bonds. The summed E-state index contributed by atoms with van der Waals surface area (Å²) in [7, 11) is 1.78. The van der Waals surface area contributed by atoms with Crippen LogP contribution < -0.4 is 5.73 Å². The minimum Gasteiger partial charge on any atom is -0.463 e. The van der Waals surface area contributed by atoms with Gasteiger partial charge in [0.15, 0.2) is 0 Å². The molecule has 0 aromatic heterocycles. The second-order valence-electron chi connectivity index (χ2n) is 7.68. The van der Waals surface area contributed by atoms with Gasteiger partial charge in [-0.15, -0.1) is 0 Å². The zero-order valence-corrected chi connectivity index (χ0v) is 17.6. The number of nitrogens with zero attached hydrogens (tertiary/aromatic N) is 1. The molecule has 2 atom stereocenters. The Morgan fingerprint density at radius 1 is 1.16 bits per heavy atom. The first-order valence-electron chi connectivity index (χ1n) is 9.35. The Labute approximate surface area is 154 Å².